The van der Waals surface area contributed by atoms with Crippen molar-refractivity contribution < 1.29 is 8.78 Å². The van der Waals surface area contributed by atoms with E-state index >= 15 is 0 Å². The molecule has 3 aromatic rings. The summed E-state index contributed by atoms with van der Waals surface area (Å²) in [7, 11) is 0. The molecule has 2 heterocycles. The van der Waals surface area contributed by atoms with Gasteiger partial charge in [-0.05, 0) is 31.0 Å². The van der Waals surface area contributed by atoms with Gasteiger partial charge in [0, 0.05) is 35.4 Å². The summed E-state index contributed by atoms with van der Waals surface area (Å²) in [4.78, 5) is 20.9. The highest BCUT2D eigenvalue weighted by atomic mass is 19.2. The van der Waals surface area contributed by atoms with Crippen LogP contribution in [0.2, 0.25) is 0 Å². The van der Waals surface area contributed by atoms with Gasteiger partial charge in [0.2, 0.25) is 5.95 Å². The number of fused-ring (bicyclic) bond motifs is 1. The zero-order valence-corrected chi connectivity index (χ0v) is 14.0. The van der Waals surface area contributed by atoms with E-state index in [0.717, 1.165) is 30.4 Å². The van der Waals surface area contributed by atoms with Gasteiger partial charge in [0.25, 0.3) is 5.56 Å². The second-order valence-corrected chi connectivity index (χ2v) is 5.74. The molecule has 0 saturated heterocycles. The number of hydrogen-bond acceptors (Lipinski definition) is 4. The fourth-order valence-corrected chi connectivity index (χ4v) is 2.81. The summed E-state index contributed by atoms with van der Waals surface area (Å²) in [6, 6.07) is 6.66. The van der Waals surface area contributed by atoms with Crippen LogP contribution in [0.4, 0.5) is 20.4 Å². The molecule has 25 heavy (non-hydrogen) atoms. The van der Waals surface area contributed by atoms with Gasteiger partial charge in [0.1, 0.15) is 5.65 Å². The summed E-state index contributed by atoms with van der Waals surface area (Å²) in [5.74, 6) is -1.67. The first-order valence-corrected chi connectivity index (χ1v) is 8.13. The minimum Gasteiger partial charge on any atom is -0.324 e. The number of aromatic nitrogens is 3. The van der Waals surface area contributed by atoms with Crippen LogP contribution in [0.25, 0.3) is 11.0 Å². The summed E-state index contributed by atoms with van der Waals surface area (Å²) in [5.41, 5.74) is 0.713. The van der Waals surface area contributed by atoms with Gasteiger partial charge in [-0.3, -0.25) is 9.36 Å². The molecule has 0 saturated carbocycles. The van der Waals surface area contributed by atoms with E-state index in [1.165, 1.54) is 12.1 Å². The Kier molecular flexibility index (Phi) is 4.74. The largest absolute Gasteiger partial charge is 0.324 e. The molecule has 0 unspecified atom stereocenters. The van der Waals surface area contributed by atoms with Gasteiger partial charge in [-0.15, -0.1) is 0 Å². The zero-order chi connectivity index (χ0) is 18.0. The molecule has 0 atom stereocenters. The van der Waals surface area contributed by atoms with Crippen molar-refractivity contribution in [1.82, 2.24) is 14.5 Å². The Morgan fingerprint density at radius 2 is 1.88 bits per heavy atom. The van der Waals surface area contributed by atoms with Crippen LogP contribution in [0.5, 0.6) is 0 Å². The summed E-state index contributed by atoms with van der Waals surface area (Å²) in [6.45, 7) is 4.03. The third kappa shape index (κ3) is 3.35. The predicted octanol–water partition coefficient (Wildman–Crippen LogP) is 4.17. The van der Waals surface area contributed by atoms with Crippen molar-refractivity contribution in [2.24, 2.45) is 0 Å². The Morgan fingerprint density at radius 1 is 1.12 bits per heavy atom. The van der Waals surface area contributed by atoms with E-state index in [2.05, 4.69) is 15.3 Å². The van der Waals surface area contributed by atoms with Gasteiger partial charge in [-0.2, -0.15) is 4.98 Å². The van der Waals surface area contributed by atoms with Crippen LogP contribution >= 0.6 is 0 Å². The second-order valence-electron chi connectivity index (χ2n) is 5.74. The van der Waals surface area contributed by atoms with E-state index in [4.69, 9.17) is 0 Å². The van der Waals surface area contributed by atoms with Crippen LogP contribution in [0.1, 0.15) is 32.7 Å². The molecule has 0 bridgehead atoms. The van der Waals surface area contributed by atoms with Gasteiger partial charge in [0.05, 0.1) is 0 Å². The van der Waals surface area contributed by atoms with Gasteiger partial charge >= 0.3 is 0 Å². The molecule has 1 aromatic carbocycles. The van der Waals surface area contributed by atoms with Crippen molar-refractivity contribution in [1.29, 1.82) is 0 Å². The lowest BCUT2D eigenvalue weighted by Gasteiger charge is -2.18. The number of hydrogen-bond donors (Lipinski definition) is 1. The number of rotatable bonds is 5. The summed E-state index contributed by atoms with van der Waals surface area (Å²) in [6.07, 6.45) is 3.19. The Morgan fingerprint density at radius 3 is 2.56 bits per heavy atom. The molecule has 0 aliphatic carbocycles. The van der Waals surface area contributed by atoms with Crippen LogP contribution in [0.15, 0.2) is 41.3 Å². The van der Waals surface area contributed by atoms with Crippen LogP contribution < -0.4 is 10.9 Å². The fraction of sp³-hybridized carbons (Fsp3) is 0.278. The van der Waals surface area contributed by atoms with E-state index in [9.17, 15) is 13.6 Å². The highest BCUT2D eigenvalue weighted by molar-refractivity contribution is 5.75. The monoisotopic (exact) mass is 344 g/mol. The van der Waals surface area contributed by atoms with Gasteiger partial charge in [-0.25, -0.2) is 13.8 Å². The second kappa shape index (κ2) is 6.96. The Balaban J connectivity index is 2.07. The topological polar surface area (TPSA) is 59.8 Å². The summed E-state index contributed by atoms with van der Waals surface area (Å²) >= 11 is 0. The molecule has 1 N–H and O–H groups in total. The van der Waals surface area contributed by atoms with E-state index in [1.807, 2.05) is 13.8 Å². The highest BCUT2D eigenvalue weighted by Crippen LogP contribution is 2.21. The summed E-state index contributed by atoms with van der Waals surface area (Å²) < 4.78 is 28.0. The Bertz CT molecular complexity index is 967. The first-order valence-electron chi connectivity index (χ1n) is 8.13. The molecular weight excluding hydrogens is 326 g/mol. The quantitative estimate of drug-likeness (QED) is 0.754. The Labute approximate surface area is 143 Å². The zero-order valence-electron chi connectivity index (χ0n) is 14.0. The van der Waals surface area contributed by atoms with Crippen LogP contribution in [-0.2, 0) is 0 Å². The van der Waals surface area contributed by atoms with Gasteiger partial charge < -0.3 is 5.32 Å². The van der Waals surface area contributed by atoms with Crippen molar-refractivity contribution in [2.75, 3.05) is 5.32 Å². The number of anilines is 2. The normalized spacial score (nSPS) is 11.2. The first kappa shape index (κ1) is 17.0. The smallest absolute Gasteiger partial charge is 0.252 e. The lowest BCUT2D eigenvalue weighted by atomic mass is 10.1. The average Bonchev–Trinajstić information content (AvgIpc) is 2.61. The maximum Gasteiger partial charge on any atom is 0.252 e. The standard InChI is InChI=1S/C18H18F2N4O/c1-3-13(4-2)24-16(25)8-5-11-10-21-18(23-17(11)24)22-12-6-7-14(19)15(20)9-12/h5-10,13H,3-4H2,1-2H3,(H,21,22,23). The molecule has 0 aliphatic rings. The van der Waals surface area contributed by atoms with Gasteiger partial charge in [0.15, 0.2) is 11.6 Å². The van der Waals surface area contributed by atoms with Crippen LogP contribution in [0.3, 0.4) is 0 Å². The maximum atomic E-state index is 13.3. The van der Waals surface area contributed by atoms with Crippen molar-refractivity contribution in [3.8, 4) is 0 Å². The molecule has 7 heteroatoms. The van der Waals surface area contributed by atoms with Crippen molar-refractivity contribution in [3.63, 3.8) is 0 Å². The van der Waals surface area contributed by atoms with Gasteiger partial charge in [-0.1, -0.05) is 13.8 Å². The molecule has 5 nitrogen and oxygen atoms in total. The predicted molar refractivity (Wildman–Crippen MR) is 93.1 cm³/mol. The van der Waals surface area contributed by atoms with Crippen molar-refractivity contribution in [2.45, 2.75) is 32.7 Å². The van der Waals surface area contributed by atoms with Crippen LogP contribution in [0, 0.1) is 11.6 Å². The van der Waals surface area contributed by atoms with Crippen LogP contribution in [-0.4, -0.2) is 14.5 Å². The SMILES string of the molecule is CCC(CC)n1c(=O)ccc2cnc(Nc3ccc(F)c(F)c3)nc21. The highest BCUT2D eigenvalue weighted by Gasteiger charge is 2.14. The molecule has 0 fully saturated rings. The molecule has 130 valence electrons. The third-order valence-electron chi connectivity index (χ3n) is 4.15. The fourth-order valence-electron chi connectivity index (χ4n) is 2.81. The minimum atomic E-state index is -0.959. The van der Waals surface area contributed by atoms with E-state index in [1.54, 1.807) is 16.8 Å². The molecule has 2 aromatic heterocycles. The third-order valence-corrected chi connectivity index (χ3v) is 4.15. The molecule has 0 aliphatic heterocycles. The number of benzene rings is 1. The molecular formula is C18H18F2N4O. The van der Waals surface area contributed by atoms with E-state index < -0.39 is 11.6 Å². The maximum absolute atomic E-state index is 13.3. The molecule has 3 rings (SSSR count). The Hall–Kier alpha value is -2.83. The molecule has 0 amide bonds. The molecule has 0 radical (unpaired) electrons. The number of pyridine rings is 1. The van der Waals surface area contributed by atoms with Crippen molar-refractivity contribution in [3.05, 3.63) is 58.5 Å². The number of nitrogens with zero attached hydrogens (tertiary/aromatic N) is 3. The van der Waals surface area contributed by atoms with E-state index in [0.29, 0.717) is 11.3 Å². The van der Waals surface area contributed by atoms with E-state index in [-0.39, 0.29) is 17.5 Å². The lowest BCUT2D eigenvalue weighted by Crippen LogP contribution is -2.24. The number of nitrogens with one attached hydrogen (secondary N) is 1. The number of halogens is 2. The average molecular weight is 344 g/mol. The first-order chi connectivity index (χ1) is 12.0. The molecule has 0 spiro atoms. The minimum absolute atomic E-state index is 0.0298. The summed E-state index contributed by atoms with van der Waals surface area (Å²) in [5, 5.41) is 3.58. The van der Waals surface area contributed by atoms with Crippen molar-refractivity contribution >= 4 is 22.7 Å². The lowest BCUT2D eigenvalue weighted by molar-refractivity contribution is 0.470.